The Morgan fingerprint density at radius 3 is 2.71 bits per heavy atom. The molecule has 6 bridgehead atoms. The lowest BCUT2D eigenvalue weighted by Crippen LogP contribution is -2.45. The maximum atomic E-state index is 2.68. The number of rotatable bonds is 0. The summed E-state index contributed by atoms with van der Waals surface area (Å²) < 4.78 is 0. The summed E-state index contributed by atoms with van der Waals surface area (Å²) in [7, 11) is 0. The van der Waals surface area contributed by atoms with Crippen molar-refractivity contribution in [2.24, 2.45) is 64.6 Å². The molecule has 7 aliphatic rings. The topological polar surface area (TPSA) is 0 Å². The van der Waals surface area contributed by atoms with E-state index in [1.54, 1.807) is 51.4 Å². The average Bonchev–Trinajstić information content (AvgIpc) is 3.23. The quantitative estimate of drug-likeness (QED) is 0.553. The molecular weight excluding hydrogens is 252 g/mol. The number of fused-ring (bicyclic) bond motifs is 6. The zero-order valence-corrected chi connectivity index (χ0v) is 13.1. The first kappa shape index (κ1) is 11.3. The lowest BCUT2D eigenvalue weighted by molar-refractivity contribution is -0.0184. The van der Waals surface area contributed by atoms with Crippen molar-refractivity contribution < 1.29 is 0 Å². The van der Waals surface area contributed by atoms with Gasteiger partial charge in [-0.25, -0.2) is 0 Å². The van der Waals surface area contributed by atoms with Crippen molar-refractivity contribution in [2.75, 3.05) is 0 Å². The monoisotopic (exact) mass is 280 g/mol. The molecule has 11 unspecified atom stereocenters. The Hall–Kier alpha value is -0.260. The molecule has 7 aliphatic carbocycles. The third kappa shape index (κ3) is 1.05. The lowest BCUT2D eigenvalue weighted by Gasteiger charge is -2.52. The Morgan fingerprint density at radius 1 is 0.762 bits per heavy atom. The van der Waals surface area contributed by atoms with Gasteiger partial charge in [-0.3, -0.25) is 0 Å². The third-order valence-corrected chi connectivity index (χ3v) is 10.3. The van der Waals surface area contributed by atoms with E-state index in [-0.39, 0.29) is 0 Å². The van der Waals surface area contributed by atoms with Crippen LogP contribution in [0.3, 0.4) is 0 Å². The highest BCUT2D eigenvalue weighted by atomic mass is 14.7. The first-order valence-corrected chi connectivity index (χ1v) is 10.0. The van der Waals surface area contributed by atoms with Gasteiger partial charge in [0, 0.05) is 0 Å². The molecule has 0 aliphatic heterocycles. The highest BCUT2D eigenvalue weighted by molar-refractivity contribution is 5.25. The molecule has 0 aromatic carbocycles. The van der Waals surface area contributed by atoms with E-state index in [0.29, 0.717) is 0 Å². The molecule has 6 saturated carbocycles. The molecule has 0 radical (unpaired) electrons. The van der Waals surface area contributed by atoms with Crippen LogP contribution >= 0.6 is 0 Å². The molecule has 0 nitrogen and oxygen atoms in total. The molecule has 21 heavy (non-hydrogen) atoms. The molecule has 0 heteroatoms. The highest BCUT2D eigenvalue weighted by Gasteiger charge is 2.70. The molecule has 0 aromatic heterocycles. The molecule has 11 atom stereocenters. The van der Waals surface area contributed by atoms with E-state index in [1.807, 2.05) is 0 Å². The lowest BCUT2D eigenvalue weighted by atomic mass is 9.53. The van der Waals surface area contributed by atoms with Gasteiger partial charge >= 0.3 is 0 Å². The standard InChI is InChI=1S/C21H28/c1-2-12-9-21-10-18-16(8-19(21)11-4-5-13(21)6-11)15-7-17(18)20(12)14(15)3-1/h4-5,11-20H,1-3,6-10H2. The summed E-state index contributed by atoms with van der Waals surface area (Å²) in [5.41, 5.74) is 0.805. The summed E-state index contributed by atoms with van der Waals surface area (Å²) in [4.78, 5) is 0. The van der Waals surface area contributed by atoms with Crippen LogP contribution < -0.4 is 0 Å². The third-order valence-electron chi connectivity index (χ3n) is 10.3. The normalized spacial score (nSPS) is 71.2. The molecule has 1 spiro atoms. The van der Waals surface area contributed by atoms with Gasteiger partial charge in [0.05, 0.1) is 0 Å². The van der Waals surface area contributed by atoms with Crippen molar-refractivity contribution in [3.05, 3.63) is 12.2 Å². The minimum atomic E-state index is 0.805. The van der Waals surface area contributed by atoms with Gasteiger partial charge in [0.25, 0.3) is 0 Å². The van der Waals surface area contributed by atoms with Crippen molar-refractivity contribution in [3.63, 3.8) is 0 Å². The fraction of sp³-hybridized carbons (Fsp3) is 0.905. The summed E-state index contributed by atoms with van der Waals surface area (Å²) in [5.74, 6) is 11.4. The molecule has 0 amide bonds. The Morgan fingerprint density at radius 2 is 1.71 bits per heavy atom. The molecule has 0 N–H and O–H groups in total. The highest BCUT2D eigenvalue weighted by Crippen LogP contribution is 2.77. The predicted octanol–water partition coefficient (Wildman–Crippen LogP) is 4.91. The van der Waals surface area contributed by atoms with Crippen LogP contribution in [0.2, 0.25) is 0 Å². The van der Waals surface area contributed by atoms with Gasteiger partial charge in [-0.1, -0.05) is 25.0 Å². The van der Waals surface area contributed by atoms with Crippen molar-refractivity contribution in [1.29, 1.82) is 0 Å². The Labute approximate surface area is 128 Å². The first-order chi connectivity index (χ1) is 10.4. The van der Waals surface area contributed by atoms with Crippen LogP contribution in [0.15, 0.2) is 12.2 Å². The van der Waals surface area contributed by atoms with E-state index in [0.717, 1.165) is 29.1 Å². The fourth-order valence-corrected chi connectivity index (χ4v) is 10.1. The summed E-state index contributed by atoms with van der Waals surface area (Å²) in [6, 6.07) is 0. The number of hydrogen-bond donors (Lipinski definition) is 0. The van der Waals surface area contributed by atoms with E-state index < -0.39 is 0 Å². The van der Waals surface area contributed by atoms with Crippen LogP contribution in [0.4, 0.5) is 0 Å². The molecule has 7 rings (SSSR count). The van der Waals surface area contributed by atoms with E-state index in [4.69, 9.17) is 0 Å². The van der Waals surface area contributed by atoms with E-state index in [2.05, 4.69) is 12.2 Å². The predicted molar refractivity (Wildman–Crippen MR) is 83.4 cm³/mol. The second-order valence-electron chi connectivity index (χ2n) is 10.2. The van der Waals surface area contributed by atoms with E-state index >= 15 is 0 Å². The Kier molecular flexibility index (Phi) is 1.78. The minimum Gasteiger partial charge on any atom is -0.0848 e. The zero-order chi connectivity index (χ0) is 13.3. The summed E-state index contributed by atoms with van der Waals surface area (Å²) in [5, 5.41) is 0. The van der Waals surface area contributed by atoms with Crippen LogP contribution in [-0.2, 0) is 0 Å². The second kappa shape index (κ2) is 3.31. The van der Waals surface area contributed by atoms with E-state index in [1.165, 1.54) is 35.5 Å². The van der Waals surface area contributed by atoms with Gasteiger partial charge in [0.15, 0.2) is 0 Å². The van der Waals surface area contributed by atoms with Gasteiger partial charge in [0.2, 0.25) is 0 Å². The average molecular weight is 280 g/mol. The molecule has 6 fully saturated rings. The summed E-state index contributed by atoms with van der Waals surface area (Å²) in [6.07, 6.45) is 18.4. The Bertz CT molecular complexity index is 546. The van der Waals surface area contributed by atoms with Crippen molar-refractivity contribution in [3.8, 4) is 0 Å². The van der Waals surface area contributed by atoms with Gasteiger partial charge in [-0.05, 0) is 103 Å². The number of allylic oxidation sites excluding steroid dienone is 2. The van der Waals surface area contributed by atoms with Crippen LogP contribution in [0.1, 0.15) is 51.4 Å². The maximum Gasteiger partial charge on any atom is -0.0168 e. The molecule has 0 aromatic rings. The maximum absolute atomic E-state index is 2.68. The summed E-state index contributed by atoms with van der Waals surface area (Å²) >= 11 is 0. The molecule has 0 heterocycles. The smallest absolute Gasteiger partial charge is 0.0168 e. The van der Waals surface area contributed by atoms with Crippen LogP contribution in [0, 0.1) is 64.6 Å². The minimum absolute atomic E-state index is 0.805. The van der Waals surface area contributed by atoms with Crippen molar-refractivity contribution in [2.45, 2.75) is 51.4 Å². The SMILES string of the molecule is C1=CC2CC1C1CC3C4CC5C3CC21CC1CCCC4C15. The van der Waals surface area contributed by atoms with Crippen molar-refractivity contribution in [1.82, 2.24) is 0 Å². The Balaban J connectivity index is 1.45. The fourth-order valence-electron chi connectivity index (χ4n) is 10.1. The zero-order valence-electron chi connectivity index (χ0n) is 13.1. The second-order valence-corrected chi connectivity index (χ2v) is 10.2. The van der Waals surface area contributed by atoms with Crippen LogP contribution in [0.25, 0.3) is 0 Å². The molecule has 112 valence electrons. The molecular formula is C21H28. The van der Waals surface area contributed by atoms with Crippen LogP contribution in [-0.4, -0.2) is 0 Å². The van der Waals surface area contributed by atoms with Gasteiger partial charge in [0.1, 0.15) is 0 Å². The largest absolute Gasteiger partial charge is 0.0848 e. The van der Waals surface area contributed by atoms with Crippen LogP contribution in [0.5, 0.6) is 0 Å². The number of hydrogen-bond acceptors (Lipinski definition) is 0. The molecule has 0 saturated heterocycles. The van der Waals surface area contributed by atoms with E-state index in [9.17, 15) is 0 Å². The van der Waals surface area contributed by atoms with Gasteiger partial charge in [-0.15, -0.1) is 0 Å². The van der Waals surface area contributed by atoms with Crippen molar-refractivity contribution >= 4 is 0 Å². The summed E-state index contributed by atoms with van der Waals surface area (Å²) in [6.45, 7) is 0. The van der Waals surface area contributed by atoms with Gasteiger partial charge in [-0.2, -0.15) is 0 Å². The van der Waals surface area contributed by atoms with Gasteiger partial charge < -0.3 is 0 Å². The first-order valence-electron chi connectivity index (χ1n) is 10.0.